The highest BCUT2D eigenvalue weighted by molar-refractivity contribution is 5.90. The first-order chi connectivity index (χ1) is 13.6. The molecule has 0 aromatic rings. The summed E-state index contributed by atoms with van der Waals surface area (Å²) in [6, 6.07) is 0. The fourth-order valence-electron chi connectivity index (χ4n) is 7.07. The van der Waals surface area contributed by atoms with Gasteiger partial charge in [0.05, 0.1) is 5.41 Å². The highest BCUT2D eigenvalue weighted by Gasteiger charge is 2.49. The fraction of sp³-hybridized carbons (Fsp3) is 0.913. The number of hydrogen-bond acceptors (Lipinski definition) is 3. The summed E-state index contributed by atoms with van der Waals surface area (Å²) >= 11 is 0. The Morgan fingerprint density at radius 2 is 1.28 bits per heavy atom. The first-order valence-electron chi connectivity index (χ1n) is 11.9. The molecule has 5 atom stereocenters. The molecule has 3 aliphatic heterocycles. The van der Waals surface area contributed by atoms with E-state index < -0.39 is 5.41 Å². The van der Waals surface area contributed by atoms with E-state index in [0.29, 0.717) is 36.6 Å². The minimum Gasteiger partial charge on any atom is -0.342 e. The van der Waals surface area contributed by atoms with E-state index in [2.05, 4.69) is 15.1 Å². The third kappa shape index (κ3) is 4.06. The third-order valence-corrected chi connectivity index (χ3v) is 8.78. The topological polar surface area (TPSA) is 52.7 Å². The molecule has 3 saturated heterocycles. The van der Waals surface area contributed by atoms with Crippen LogP contribution in [0.25, 0.3) is 0 Å². The highest BCUT2D eigenvalue weighted by atomic mass is 35.5. The molecule has 5 nitrogen and oxygen atoms in total. The van der Waals surface area contributed by atoms with E-state index in [-0.39, 0.29) is 24.2 Å². The van der Waals surface area contributed by atoms with E-state index in [0.717, 1.165) is 39.1 Å². The molecule has 2 amide bonds. The number of nitrogens with one attached hydrogen (secondary N) is 1. The first kappa shape index (κ1) is 21.4. The van der Waals surface area contributed by atoms with Crippen LogP contribution in [0.3, 0.4) is 0 Å². The van der Waals surface area contributed by atoms with Gasteiger partial charge in [0.15, 0.2) is 0 Å². The summed E-state index contributed by atoms with van der Waals surface area (Å²) in [5.74, 6) is 3.36. The van der Waals surface area contributed by atoms with Gasteiger partial charge in [0, 0.05) is 39.1 Å². The number of amides is 2. The Bertz CT molecular complexity index is 593. The molecule has 1 N–H and O–H groups in total. The average molecular weight is 424 g/mol. The predicted molar refractivity (Wildman–Crippen MR) is 116 cm³/mol. The molecule has 164 valence electrons. The molecule has 5 aliphatic rings. The molecule has 2 aliphatic carbocycles. The van der Waals surface area contributed by atoms with Crippen molar-refractivity contribution >= 4 is 24.2 Å². The van der Waals surface area contributed by atoms with Gasteiger partial charge in [-0.05, 0) is 62.3 Å². The summed E-state index contributed by atoms with van der Waals surface area (Å²) in [5.41, 5.74) is -0.488. The maximum atomic E-state index is 13.6. The second-order valence-corrected chi connectivity index (χ2v) is 10.5. The number of rotatable bonds is 3. The number of nitrogens with zero attached hydrogens (tertiary/aromatic N) is 2. The molecule has 0 spiro atoms. The first-order valence-corrected chi connectivity index (χ1v) is 11.9. The van der Waals surface area contributed by atoms with Gasteiger partial charge >= 0.3 is 0 Å². The molecule has 5 rings (SSSR count). The Morgan fingerprint density at radius 3 is 1.72 bits per heavy atom. The van der Waals surface area contributed by atoms with Crippen molar-refractivity contribution in [3.8, 4) is 0 Å². The van der Waals surface area contributed by atoms with Gasteiger partial charge in [-0.15, -0.1) is 12.4 Å². The Kier molecular flexibility index (Phi) is 6.46. The van der Waals surface area contributed by atoms with Gasteiger partial charge in [-0.2, -0.15) is 0 Å². The Hall–Kier alpha value is -0.810. The molecular weight excluding hydrogens is 386 g/mol. The van der Waals surface area contributed by atoms with Crippen LogP contribution in [-0.4, -0.2) is 60.9 Å². The summed E-state index contributed by atoms with van der Waals surface area (Å²) in [5, 5.41) is 3.41. The SMILES string of the molecule is Cl.O=C(CC1(C(=O)N2CC3CCCCC3C2)CCNC1)N1CC2CCCCC2C1. The van der Waals surface area contributed by atoms with Crippen molar-refractivity contribution in [3.63, 3.8) is 0 Å². The number of halogens is 1. The summed E-state index contributed by atoms with van der Waals surface area (Å²) in [6.07, 6.45) is 11.7. The Labute approximate surface area is 181 Å². The minimum atomic E-state index is -0.488. The Balaban J connectivity index is 0.00000205. The lowest BCUT2D eigenvalue weighted by Crippen LogP contribution is -2.47. The van der Waals surface area contributed by atoms with Gasteiger partial charge in [-0.25, -0.2) is 0 Å². The fourth-order valence-corrected chi connectivity index (χ4v) is 7.07. The maximum absolute atomic E-state index is 13.6. The highest BCUT2D eigenvalue weighted by Crippen LogP contribution is 2.41. The molecule has 6 heteroatoms. The van der Waals surface area contributed by atoms with Gasteiger partial charge in [-0.1, -0.05) is 25.7 Å². The number of carbonyl (C=O) groups excluding carboxylic acids is 2. The molecule has 2 saturated carbocycles. The smallest absolute Gasteiger partial charge is 0.230 e. The number of carbonyl (C=O) groups is 2. The lowest BCUT2D eigenvalue weighted by molar-refractivity contribution is -0.146. The number of likely N-dealkylation sites (tertiary alicyclic amines) is 2. The average Bonchev–Trinajstić information content (AvgIpc) is 3.44. The zero-order chi connectivity index (χ0) is 19.1. The van der Waals surface area contributed by atoms with Crippen LogP contribution in [0.15, 0.2) is 0 Å². The molecule has 0 radical (unpaired) electrons. The predicted octanol–water partition coefficient (Wildman–Crippen LogP) is 3.08. The van der Waals surface area contributed by atoms with Gasteiger partial charge in [0.2, 0.25) is 11.8 Å². The summed E-state index contributed by atoms with van der Waals surface area (Å²) in [4.78, 5) is 31.1. The normalized spacial score (nSPS) is 39.0. The van der Waals surface area contributed by atoms with Crippen molar-refractivity contribution in [2.75, 3.05) is 39.3 Å². The quantitative estimate of drug-likeness (QED) is 0.758. The van der Waals surface area contributed by atoms with Crippen LogP contribution in [0.4, 0.5) is 0 Å². The van der Waals surface area contributed by atoms with Crippen LogP contribution in [0.5, 0.6) is 0 Å². The number of fused-ring (bicyclic) bond motifs is 2. The van der Waals surface area contributed by atoms with E-state index in [1.165, 1.54) is 51.4 Å². The molecule has 0 bridgehead atoms. The second-order valence-electron chi connectivity index (χ2n) is 10.5. The molecule has 0 aromatic heterocycles. The van der Waals surface area contributed by atoms with E-state index in [4.69, 9.17) is 0 Å². The summed E-state index contributed by atoms with van der Waals surface area (Å²) < 4.78 is 0. The monoisotopic (exact) mass is 423 g/mol. The minimum absolute atomic E-state index is 0. The van der Waals surface area contributed by atoms with Crippen molar-refractivity contribution < 1.29 is 9.59 Å². The lowest BCUT2D eigenvalue weighted by atomic mass is 9.81. The molecular formula is C23H38ClN3O2. The molecule has 0 aromatic carbocycles. The van der Waals surface area contributed by atoms with E-state index in [9.17, 15) is 9.59 Å². The van der Waals surface area contributed by atoms with Gasteiger partial charge in [0.25, 0.3) is 0 Å². The van der Waals surface area contributed by atoms with E-state index in [1.54, 1.807) is 0 Å². The second kappa shape index (κ2) is 8.74. The Morgan fingerprint density at radius 1 is 0.793 bits per heavy atom. The lowest BCUT2D eigenvalue weighted by Gasteiger charge is -2.33. The summed E-state index contributed by atoms with van der Waals surface area (Å²) in [6.45, 7) is 5.31. The van der Waals surface area contributed by atoms with Crippen molar-refractivity contribution in [1.29, 1.82) is 0 Å². The molecule has 3 heterocycles. The zero-order valence-corrected chi connectivity index (χ0v) is 18.6. The van der Waals surface area contributed by atoms with E-state index in [1.807, 2.05) is 0 Å². The van der Waals surface area contributed by atoms with Crippen molar-refractivity contribution in [1.82, 2.24) is 15.1 Å². The zero-order valence-electron chi connectivity index (χ0n) is 17.7. The molecule has 29 heavy (non-hydrogen) atoms. The standard InChI is InChI=1S/C23H37N3O2.ClH/c27-21(25-12-17-5-1-2-6-18(17)13-25)11-23(9-10-24-16-23)22(28)26-14-19-7-3-4-8-20(19)15-26;/h17-20,24H,1-16H2;1H. The summed E-state index contributed by atoms with van der Waals surface area (Å²) in [7, 11) is 0. The van der Waals surface area contributed by atoms with Crippen LogP contribution in [0, 0.1) is 29.1 Å². The van der Waals surface area contributed by atoms with Crippen LogP contribution in [-0.2, 0) is 9.59 Å². The van der Waals surface area contributed by atoms with Crippen molar-refractivity contribution in [2.45, 2.75) is 64.2 Å². The third-order valence-electron chi connectivity index (χ3n) is 8.78. The maximum Gasteiger partial charge on any atom is 0.230 e. The molecule has 5 fully saturated rings. The van der Waals surface area contributed by atoms with Gasteiger partial charge < -0.3 is 15.1 Å². The largest absolute Gasteiger partial charge is 0.342 e. The van der Waals surface area contributed by atoms with E-state index >= 15 is 0 Å². The van der Waals surface area contributed by atoms with Crippen molar-refractivity contribution in [2.24, 2.45) is 29.1 Å². The number of hydrogen-bond donors (Lipinski definition) is 1. The van der Waals surface area contributed by atoms with Gasteiger partial charge in [-0.3, -0.25) is 9.59 Å². The van der Waals surface area contributed by atoms with Gasteiger partial charge in [0.1, 0.15) is 0 Å². The van der Waals surface area contributed by atoms with Crippen LogP contribution in [0.1, 0.15) is 64.2 Å². The van der Waals surface area contributed by atoms with Crippen LogP contribution < -0.4 is 5.32 Å². The van der Waals surface area contributed by atoms with Crippen LogP contribution >= 0.6 is 12.4 Å². The van der Waals surface area contributed by atoms with Crippen LogP contribution in [0.2, 0.25) is 0 Å². The molecule has 5 unspecified atom stereocenters. The van der Waals surface area contributed by atoms with Crippen molar-refractivity contribution in [3.05, 3.63) is 0 Å².